The maximum absolute atomic E-state index is 11.8. The minimum Gasteiger partial charge on any atom is -0.289 e. The Hall–Kier alpha value is -1.60. The molecule has 16 heavy (non-hydrogen) atoms. The highest BCUT2D eigenvalue weighted by Gasteiger charge is 2.06. The van der Waals surface area contributed by atoms with E-state index in [-0.39, 0.29) is 5.78 Å². The first-order valence-corrected chi connectivity index (χ1v) is 5.66. The monoisotopic (exact) mass is 232 g/mol. The second kappa shape index (κ2) is 6.81. The fraction of sp³-hybridized carbons (Fsp3) is 0.0714. The lowest BCUT2D eigenvalue weighted by Crippen LogP contribution is -1.99. The van der Waals surface area contributed by atoms with E-state index in [1.165, 1.54) is 6.38 Å². The molecule has 0 spiro atoms. The highest BCUT2D eigenvalue weighted by Crippen LogP contribution is 2.08. The first-order chi connectivity index (χ1) is 7.88. The Morgan fingerprint density at radius 1 is 0.750 bits per heavy atom. The number of alkyl halides is 1. The number of ketones is 1. The van der Waals surface area contributed by atoms with Crippen LogP contribution in [0.4, 0.5) is 0 Å². The fourth-order valence-corrected chi connectivity index (χ4v) is 1.35. The van der Waals surface area contributed by atoms with Gasteiger partial charge in [-0.25, -0.2) is 0 Å². The third-order valence-electron chi connectivity index (χ3n) is 2.07. The molecule has 2 aromatic carbocycles. The number of hydrogen-bond acceptors (Lipinski definition) is 1. The van der Waals surface area contributed by atoms with E-state index >= 15 is 0 Å². The number of benzene rings is 2. The van der Waals surface area contributed by atoms with E-state index < -0.39 is 0 Å². The molecule has 0 amide bonds. The molecule has 0 fully saturated rings. The number of halogens is 1. The van der Waals surface area contributed by atoms with Crippen molar-refractivity contribution in [3.05, 3.63) is 71.8 Å². The van der Waals surface area contributed by atoms with E-state index in [2.05, 4.69) is 11.6 Å². The summed E-state index contributed by atoms with van der Waals surface area (Å²) < 4.78 is 0. The van der Waals surface area contributed by atoms with Gasteiger partial charge in [-0.3, -0.25) is 4.79 Å². The Kier molecular flexibility index (Phi) is 5.30. The van der Waals surface area contributed by atoms with Crippen LogP contribution >= 0.6 is 11.6 Å². The van der Waals surface area contributed by atoms with Crippen molar-refractivity contribution in [2.45, 2.75) is 0 Å². The molecule has 2 rings (SSSR count). The van der Waals surface area contributed by atoms with Crippen molar-refractivity contribution in [1.29, 1.82) is 0 Å². The molecule has 0 aromatic heterocycles. The van der Waals surface area contributed by atoms with Crippen LogP contribution in [-0.2, 0) is 0 Å². The summed E-state index contributed by atoms with van der Waals surface area (Å²) in [4.78, 5) is 11.8. The SMILES string of the molecule is CCl.O=C(c1ccccc1)c1ccccc1. The van der Waals surface area contributed by atoms with Crippen LogP contribution in [0.1, 0.15) is 15.9 Å². The smallest absolute Gasteiger partial charge is 0.193 e. The Morgan fingerprint density at radius 3 is 1.38 bits per heavy atom. The van der Waals surface area contributed by atoms with Crippen LogP contribution in [0.3, 0.4) is 0 Å². The van der Waals surface area contributed by atoms with E-state index in [1.54, 1.807) is 0 Å². The molecule has 0 N–H and O–H groups in total. The van der Waals surface area contributed by atoms with Crippen molar-refractivity contribution in [3.63, 3.8) is 0 Å². The molecule has 0 atom stereocenters. The molecule has 0 saturated heterocycles. The van der Waals surface area contributed by atoms with Gasteiger partial charge in [0.05, 0.1) is 0 Å². The molecule has 0 radical (unpaired) electrons. The van der Waals surface area contributed by atoms with Crippen molar-refractivity contribution in [3.8, 4) is 0 Å². The van der Waals surface area contributed by atoms with Gasteiger partial charge in [0.2, 0.25) is 0 Å². The van der Waals surface area contributed by atoms with Gasteiger partial charge in [0, 0.05) is 17.5 Å². The highest BCUT2D eigenvalue weighted by molar-refractivity contribution is 6.15. The van der Waals surface area contributed by atoms with Gasteiger partial charge in [0.25, 0.3) is 0 Å². The van der Waals surface area contributed by atoms with E-state index in [1.807, 2.05) is 60.7 Å². The molecule has 2 aromatic rings. The first kappa shape index (κ1) is 12.5. The topological polar surface area (TPSA) is 17.1 Å². The standard InChI is InChI=1S/C13H10O.CH3Cl/c14-13(11-7-3-1-4-8-11)12-9-5-2-6-10-12;1-2/h1-10H;1H3. The zero-order valence-corrected chi connectivity index (χ0v) is 9.82. The molecule has 0 aliphatic carbocycles. The van der Waals surface area contributed by atoms with Gasteiger partial charge in [-0.2, -0.15) is 0 Å². The number of carbonyl (C=O) groups is 1. The summed E-state index contributed by atoms with van der Waals surface area (Å²) in [5, 5.41) is 0. The number of hydrogen-bond donors (Lipinski definition) is 0. The van der Waals surface area contributed by atoms with Crippen molar-refractivity contribution in [2.75, 3.05) is 6.38 Å². The minimum atomic E-state index is 0.0752. The van der Waals surface area contributed by atoms with Crippen LogP contribution in [-0.4, -0.2) is 12.2 Å². The molecule has 0 unspecified atom stereocenters. The Morgan fingerprint density at radius 2 is 1.06 bits per heavy atom. The molecule has 0 saturated carbocycles. The highest BCUT2D eigenvalue weighted by atomic mass is 35.5. The van der Waals surface area contributed by atoms with Crippen LogP contribution in [0.2, 0.25) is 0 Å². The zero-order chi connectivity index (χ0) is 11.8. The van der Waals surface area contributed by atoms with Gasteiger partial charge in [-0.15, -0.1) is 11.6 Å². The molecular weight excluding hydrogens is 220 g/mol. The van der Waals surface area contributed by atoms with Gasteiger partial charge >= 0.3 is 0 Å². The van der Waals surface area contributed by atoms with Crippen molar-refractivity contribution >= 4 is 17.4 Å². The van der Waals surface area contributed by atoms with E-state index in [9.17, 15) is 4.79 Å². The predicted octanol–water partition coefficient (Wildman–Crippen LogP) is 3.77. The summed E-state index contributed by atoms with van der Waals surface area (Å²) in [6.07, 6.45) is 1.47. The average molecular weight is 233 g/mol. The molecule has 82 valence electrons. The lowest BCUT2D eigenvalue weighted by Gasteiger charge is -1.99. The van der Waals surface area contributed by atoms with Crippen LogP contribution in [0, 0.1) is 0 Å². The van der Waals surface area contributed by atoms with Crippen molar-refractivity contribution < 1.29 is 4.79 Å². The first-order valence-electron chi connectivity index (χ1n) is 4.90. The maximum atomic E-state index is 11.8. The molecule has 0 aliphatic rings. The normalized spacial score (nSPS) is 8.88. The summed E-state index contributed by atoms with van der Waals surface area (Å²) in [5.41, 5.74) is 1.47. The van der Waals surface area contributed by atoms with Gasteiger partial charge in [-0.05, 0) is 0 Å². The maximum Gasteiger partial charge on any atom is 0.193 e. The fourth-order valence-electron chi connectivity index (χ4n) is 1.35. The van der Waals surface area contributed by atoms with Crippen molar-refractivity contribution in [2.24, 2.45) is 0 Å². The predicted molar refractivity (Wildman–Crippen MR) is 68.1 cm³/mol. The number of rotatable bonds is 2. The number of carbonyl (C=O) groups excluding carboxylic acids is 1. The van der Waals surface area contributed by atoms with Crippen LogP contribution < -0.4 is 0 Å². The molecular formula is C14H13ClO. The molecule has 2 heteroatoms. The third-order valence-corrected chi connectivity index (χ3v) is 2.07. The Bertz CT molecular complexity index is 382. The summed E-state index contributed by atoms with van der Waals surface area (Å²) in [5.74, 6) is 0.0752. The summed E-state index contributed by atoms with van der Waals surface area (Å²) >= 11 is 4.64. The molecule has 0 aliphatic heterocycles. The molecule has 0 heterocycles. The third kappa shape index (κ3) is 3.21. The van der Waals surface area contributed by atoms with Gasteiger partial charge in [0.15, 0.2) is 5.78 Å². The van der Waals surface area contributed by atoms with Crippen molar-refractivity contribution in [1.82, 2.24) is 0 Å². The quantitative estimate of drug-likeness (QED) is 0.569. The van der Waals surface area contributed by atoms with Crippen LogP contribution in [0.5, 0.6) is 0 Å². The second-order valence-electron chi connectivity index (χ2n) is 3.06. The molecule has 0 bridgehead atoms. The molecule has 1 nitrogen and oxygen atoms in total. The summed E-state index contributed by atoms with van der Waals surface area (Å²) in [6.45, 7) is 0. The lowest BCUT2D eigenvalue weighted by molar-refractivity contribution is 0.103. The van der Waals surface area contributed by atoms with Crippen LogP contribution in [0.15, 0.2) is 60.7 Å². The van der Waals surface area contributed by atoms with Gasteiger partial charge < -0.3 is 0 Å². The Balaban J connectivity index is 0.000000606. The lowest BCUT2D eigenvalue weighted by atomic mass is 10.0. The van der Waals surface area contributed by atoms with Crippen LogP contribution in [0.25, 0.3) is 0 Å². The minimum absolute atomic E-state index is 0.0752. The average Bonchev–Trinajstić information content (AvgIpc) is 2.42. The van der Waals surface area contributed by atoms with E-state index in [0.717, 1.165) is 11.1 Å². The summed E-state index contributed by atoms with van der Waals surface area (Å²) in [7, 11) is 0. The van der Waals surface area contributed by atoms with Gasteiger partial charge in [-0.1, -0.05) is 60.7 Å². The zero-order valence-electron chi connectivity index (χ0n) is 9.06. The largest absolute Gasteiger partial charge is 0.289 e. The summed E-state index contributed by atoms with van der Waals surface area (Å²) in [6, 6.07) is 18.6. The van der Waals surface area contributed by atoms with E-state index in [4.69, 9.17) is 0 Å². The second-order valence-corrected chi connectivity index (χ2v) is 3.06. The van der Waals surface area contributed by atoms with E-state index in [0.29, 0.717) is 0 Å². The Labute approximate surface area is 101 Å². The van der Waals surface area contributed by atoms with Gasteiger partial charge in [0.1, 0.15) is 0 Å².